The minimum absolute atomic E-state index is 0.225. The smallest absolute Gasteiger partial charge is 0.266 e. The van der Waals surface area contributed by atoms with Gasteiger partial charge in [-0.05, 0) is 36.8 Å². The average Bonchev–Trinajstić information content (AvgIpc) is 2.86. The summed E-state index contributed by atoms with van der Waals surface area (Å²) in [6.45, 7) is 1.99. The van der Waals surface area contributed by atoms with E-state index in [0.717, 1.165) is 22.6 Å². The highest BCUT2D eigenvalue weighted by atomic mass is 32.2. The lowest BCUT2D eigenvalue weighted by Gasteiger charge is -2.18. The summed E-state index contributed by atoms with van der Waals surface area (Å²) in [5.74, 6) is 2.48. The maximum absolute atomic E-state index is 13.9. The first kappa shape index (κ1) is 23.5. The molecule has 0 aliphatic rings. The van der Waals surface area contributed by atoms with Gasteiger partial charge < -0.3 is 18.9 Å². The molecule has 176 valence electrons. The van der Waals surface area contributed by atoms with Crippen molar-refractivity contribution in [2.24, 2.45) is 0 Å². The number of para-hydroxylation sites is 1. The van der Waals surface area contributed by atoms with E-state index < -0.39 is 0 Å². The molecule has 4 rings (SSSR count). The van der Waals surface area contributed by atoms with Gasteiger partial charge in [0.2, 0.25) is 5.75 Å². The number of nitrogens with zero attached hydrogens (tertiary/aromatic N) is 2. The van der Waals surface area contributed by atoms with Crippen molar-refractivity contribution in [2.45, 2.75) is 17.8 Å². The van der Waals surface area contributed by atoms with Gasteiger partial charge in [0.25, 0.3) is 5.56 Å². The highest BCUT2D eigenvalue weighted by molar-refractivity contribution is 7.98. The molecule has 0 spiro atoms. The summed E-state index contributed by atoms with van der Waals surface area (Å²) in [4.78, 5) is 18.8. The Morgan fingerprint density at radius 2 is 1.59 bits per heavy atom. The summed E-state index contributed by atoms with van der Waals surface area (Å²) < 4.78 is 23.7. The minimum atomic E-state index is -0.225. The summed E-state index contributed by atoms with van der Waals surface area (Å²) in [6, 6.07) is 17.2. The monoisotopic (exact) mass is 478 g/mol. The molecular weight excluding hydrogens is 452 g/mol. The first-order chi connectivity index (χ1) is 16.5. The minimum Gasteiger partial charge on any atom is -0.496 e. The van der Waals surface area contributed by atoms with Crippen LogP contribution in [-0.2, 0) is 5.75 Å². The highest BCUT2D eigenvalue weighted by Gasteiger charge is 2.23. The molecule has 0 atom stereocenters. The number of ether oxygens (including phenoxy) is 4. The third-order valence-electron chi connectivity index (χ3n) is 5.45. The molecule has 0 fully saturated rings. The Bertz CT molecular complexity index is 1400. The van der Waals surface area contributed by atoms with E-state index in [9.17, 15) is 4.79 Å². The van der Waals surface area contributed by atoms with Crippen LogP contribution in [0.3, 0.4) is 0 Å². The molecule has 0 bridgehead atoms. The van der Waals surface area contributed by atoms with Gasteiger partial charge in [-0.2, -0.15) is 0 Å². The zero-order valence-electron chi connectivity index (χ0n) is 19.7. The van der Waals surface area contributed by atoms with Crippen LogP contribution in [0, 0.1) is 6.92 Å². The van der Waals surface area contributed by atoms with E-state index in [-0.39, 0.29) is 5.56 Å². The van der Waals surface area contributed by atoms with E-state index in [1.807, 2.05) is 55.5 Å². The molecule has 3 aromatic carbocycles. The first-order valence-corrected chi connectivity index (χ1v) is 11.6. The molecule has 0 saturated heterocycles. The average molecular weight is 479 g/mol. The van der Waals surface area contributed by atoms with E-state index in [4.69, 9.17) is 23.9 Å². The second kappa shape index (κ2) is 10.1. The van der Waals surface area contributed by atoms with Crippen LogP contribution in [0.2, 0.25) is 0 Å². The molecule has 1 aromatic heterocycles. The quantitative estimate of drug-likeness (QED) is 0.260. The Labute approximate surface area is 202 Å². The van der Waals surface area contributed by atoms with E-state index in [1.165, 1.54) is 33.1 Å². The lowest BCUT2D eigenvalue weighted by atomic mass is 10.2. The number of methoxy groups -OCH3 is 4. The predicted molar refractivity (Wildman–Crippen MR) is 134 cm³/mol. The Morgan fingerprint density at radius 3 is 2.26 bits per heavy atom. The van der Waals surface area contributed by atoms with Crippen molar-refractivity contribution >= 4 is 22.7 Å². The van der Waals surface area contributed by atoms with Crippen LogP contribution < -0.4 is 24.5 Å². The molecule has 8 heteroatoms. The second-order valence-electron chi connectivity index (χ2n) is 7.52. The van der Waals surface area contributed by atoms with Crippen molar-refractivity contribution in [3.05, 3.63) is 76.1 Å². The number of fused-ring (bicyclic) bond motifs is 1. The molecule has 1 heterocycles. The van der Waals surface area contributed by atoms with Gasteiger partial charge in [-0.3, -0.25) is 9.36 Å². The van der Waals surface area contributed by atoms with Gasteiger partial charge in [-0.15, -0.1) is 0 Å². The fraction of sp³-hybridized carbons (Fsp3) is 0.231. The fourth-order valence-electron chi connectivity index (χ4n) is 3.82. The van der Waals surface area contributed by atoms with Gasteiger partial charge in [0, 0.05) is 11.3 Å². The molecule has 7 nitrogen and oxygen atoms in total. The van der Waals surface area contributed by atoms with Crippen molar-refractivity contribution < 1.29 is 18.9 Å². The highest BCUT2D eigenvalue weighted by Crippen LogP contribution is 2.42. The van der Waals surface area contributed by atoms with E-state index in [2.05, 4.69) is 0 Å². The standard InChI is InChI=1S/C26H26N2O5S/c1-16-9-8-11-18(13-16)28-25(29)19-14-21(31-3)23(32-4)24(33-5)22(19)27-26(28)34-15-17-10-6-7-12-20(17)30-2/h6-14H,15H2,1-5H3. The zero-order chi connectivity index (χ0) is 24.2. The van der Waals surface area contributed by atoms with Crippen molar-refractivity contribution in [3.63, 3.8) is 0 Å². The Kier molecular flexibility index (Phi) is 6.98. The van der Waals surface area contributed by atoms with Crippen LogP contribution in [0.25, 0.3) is 16.6 Å². The molecule has 0 unspecified atom stereocenters. The summed E-state index contributed by atoms with van der Waals surface area (Å²) in [6.07, 6.45) is 0. The molecule has 0 amide bonds. The van der Waals surface area contributed by atoms with Gasteiger partial charge in [-0.25, -0.2) is 4.98 Å². The maximum atomic E-state index is 13.9. The summed E-state index contributed by atoms with van der Waals surface area (Å²) in [5.41, 5.74) is 2.96. The molecule has 34 heavy (non-hydrogen) atoms. The van der Waals surface area contributed by atoms with Gasteiger partial charge >= 0.3 is 0 Å². The second-order valence-corrected chi connectivity index (χ2v) is 8.46. The molecule has 0 N–H and O–H groups in total. The molecule has 0 aliphatic heterocycles. The van der Waals surface area contributed by atoms with Crippen LogP contribution in [0.5, 0.6) is 23.0 Å². The van der Waals surface area contributed by atoms with Crippen LogP contribution in [0.15, 0.2) is 64.5 Å². The van der Waals surface area contributed by atoms with E-state index in [0.29, 0.717) is 39.1 Å². The third kappa shape index (κ3) is 4.28. The van der Waals surface area contributed by atoms with E-state index >= 15 is 0 Å². The fourth-order valence-corrected chi connectivity index (χ4v) is 4.82. The van der Waals surface area contributed by atoms with E-state index in [1.54, 1.807) is 17.7 Å². The topological polar surface area (TPSA) is 71.8 Å². The summed E-state index contributed by atoms with van der Waals surface area (Å²) in [5, 5.41) is 0.900. The van der Waals surface area contributed by atoms with Crippen LogP contribution in [0.4, 0.5) is 0 Å². The van der Waals surface area contributed by atoms with Gasteiger partial charge in [0.1, 0.15) is 11.3 Å². The van der Waals surface area contributed by atoms with Gasteiger partial charge in [0.05, 0.1) is 39.5 Å². The normalized spacial score (nSPS) is 10.9. The van der Waals surface area contributed by atoms with Crippen molar-refractivity contribution in [1.29, 1.82) is 0 Å². The molecule has 4 aromatic rings. The Hall–Kier alpha value is -3.65. The Balaban J connectivity index is 1.98. The summed E-state index contributed by atoms with van der Waals surface area (Å²) >= 11 is 1.45. The van der Waals surface area contributed by atoms with Crippen molar-refractivity contribution in [2.75, 3.05) is 28.4 Å². The summed E-state index contributed by atoms with van der Waals surface area (Å²) in [7, 11) is 6.21. The molecule has 0 radical (unpaired) electrons. The zero-order valence-corrected chi connectivity index (χ0v) is 20.6. The third-order valence-corrected chi connectivity index (χ3v) is 6.43. The number of hydrogen-bond acceptors (Lipinski definition) is 7. The number of thioether (sulfide) groups is 1. The number of rotatable bonds is 8. The van der Waals surface area contributed by atoms with Crippen LogP contribution in [0.1, 0.15) is 11.1 Å². The predicted octanol–water partition coefficient (Wildman–Crippen LogP) is 5.02. The molecule has 0 saturated carbocycles. The van der Waals surface area contributed by atoms with Crippen molar-refractivity contribution in [1.82, 2.24) is 9.55 Å². The SMILES string of the molecule is COc1ccccc1CSc1nc2c(OC)c(OC)c(OC)cc2c(=O)n1-c1cccc(C)c1. The van der Waals surface area contributed by atoms with Crippen LogP contribution in [-0.4, -0.2) is 38.0 Å². The molecular formula is C26H26N2O5S. The number of benzene rings is 3. The lowest BCUT2D eigenvalue weighted by molar-refractivity contribution is 0.326. The first-order valence-electron chi connectivity index (χ1n) is 10.6. The number of hydrogen-bond donors (Lipinski definition) is 0. The van der Waals surface area contributed by atoms with Crippen LogP contribution >= 0.6 is 11.8 Å². The molecule has 0 aliphatic carbocycles. The Morgan fingerprint density at radius 1 is 0.853 bits per heavy atom. The maximum Gasteiger partial charge on any atom is 0.266 e. The van der Waals surface area contributed by atoms with Gasteiger partial charge in [0.15, 0.2) is 16.7 Å². The van der Waals surface area contributed by atoms with Crippen molar-refractivity contribution in [3.8, 4) is 28.7 Å². The largest absolute Gasteiger partial charge is 0.496 e. The number of aromatic nitrogens is 2. The lowest BCUT2D eigenvalue weighted by Crippen LogP contribution is -2.22. The number of aryl methyl sites for hydroxylation is 1. The van der Waals surface area contributed by atoms with Gasteiger partial charge in [-0.1, -0.05) is 42.1 Å².